The summed E-state index contributed by atoms with van der Waals surface area (Å²) in [5.74, 6) is 0.329. The zero-order chi connectivity index (χ0) is 17.6. The fourth-order valence-corrected chi connectivity index (χ4v) is 2.62. The minimum atomic E-state index is -0.519. The molecule has 0 spiro atoms. The number of benzene rings is 1. The fourth-order valence-electron chi connectivity index (χ4n) is 2.62. The lowest BCUT2D eigenvalue weighted by molar-refractivity contribution is -0.120. The summed E-state index contributed by atoms with van der Waals surface area (Å²) in [5.41, 5.74) is 6.24. The van der Waals surface area contributed by atoms with Gasteiger partial charge in [0.1, 0.15) is 5.75 Å². The van der Waals surface area contributed by atoms with Gasteiger partial charge < -0.3 is 15.8 Å². The molecule has 1 unspecified atom stereocenters. The van der Waals surface area contributed by atoms with Gasteiger partial charge in [0.05, 0.1) is 11.9 Å². The Kier molecular flexibility index (Phi) is 5.09. The Balaban J connectivity index is 1.62. The van der Waals surface area contributed by atoms with E-state index in [2.05, 4.69) is 16.4 Å². The number of pyridine rings is 1. The topological polar surface area (TPSA) is 94.3 Å². The van der Waals surface area contributed by atoms with Gasteiger partial charge in [-0.25, -0.2) is 4.98 Å². The summed E-state index contributed by atoms with van der Waals surface area (Å²) in [6.45, 7) is 0. The van der Waals surface area contributed by atoms with Gasteiger partial charge in [0.25, 0.3) is 0 Å². The molecule has 128 valence electrons. The van der Waals surface area contributed by atoms with Gasteiger partial charge in [-0.15, -0.1) is 0 Å². The first kappa shape index (κ1) is 16.7. The molecule has 2 aromatic rings. The second kappa shape index (κ2) is 7.61. The van der Waals surface area contributed by atoms with Crippen molar-refractivity contribution < 1.29 is 14.3 Å². The maximum Gasteiger partial charge on any atom is 0.248 e. The number of hydrogen-bond donors (Lipinski definition) is 2. The highest BCUT2D eigenvalue weighted by molar-refractivity contribution is 5.93. The van der Waals surface area contributed by atoms with Gasteiger partial charge in [-0.2, -0.15) is 0 Å². The Morgan fingerprint density at radius 1 is 1.20 bits per heavy atom. The first-order valence-corrected chi connectivity index (χ1v) is 8.11. The molecular formula is C19H19N3O3. The van der Waals surface area contributed by atoms with E-state index in [9.17, 15) is 9.59 Å². The van der Waals surface area contributed by atoms with Crippen molar-refractivity contribution in [3.05, 3.63) is 60.3 Å². The number of nitrogens with one attached hydrogen (secondary N) is 1. The summed E-state index contributed by atoms with van der Waals surface area (Å²) >= 11 is 0. The van der Waals surface area contributed by atoms with E-state index in [4.69, 9.17) is 10.5 Å². The minimum absolute atomic E-state index is 0.00831. The van der Waals surface area contributed by atoms with Gasteiger partial charge in [0, 0.05) is 17.5 Å². The molecule has 1 aliphatic carbocycles. The number of primary amides is 1. The maximum atomic E-state index is 12.2. The molecule has 1 aromatic heterocycles. The van der Waals surface area contributed by atoms with Crippen LogP contribution in [0.3, 0.4) is 0 Å². The predicted molar refractivity (Wildman–Crippen MR) is 94.4 cm³/mol. The number of amides is 2. The standard InChI is InChI=1S/C19H19N3O3/c20-18(23)14-7-4-8-16(11-14)25-17-10-9-15(12-21-17)22-19(24)13-5-2-1-3-6-13/h1-2,4,7-13H,3,5-6H2,(H2,20,23)(H,22,24). The minimum Gasteiger partial charge on any atom is -0.439 e. The lowest BCUT2D eigenvalue weighted by Gasteiger charge is -2.17. The quantitative estimate of drug-likeness (QED) is 0.819. The van der Waals surface area contributed by atoms with Gasteiger partial charge in [-0.05, 0) is 43.5 Å². The first-order chi connectivity index (χ1) is 12.1. The van der Waals surface area contributed by atoms with E-state index < -0.39 is 5.91 Å². The molecule has 1 aliphatic rings. The van der Waals surface area contributed by atoms with Crippen molar-refractivity contribution in [1.82, 2.24) is 4.98 Å². The number of hydrogen-bond acceptors (Lipinski definition) is 4. The molecule has 6 heteroatoms. The number of nitrogens with zero attached hydrogens (tertiary/aromatic N) is 1. The van der Waals surface area contributed by atoms with Crippen LogP contribution in [0.1, 0.15) is 29.6 Å². The highest BCUT2D eigenvalue weighted by atomic mass is 16.5. The fraction of sp³-hybridized carbons (Fsp3) is 0.211. The normalized spacial score (nSPS) is 16.2. The van der Waals surface area contributed by atoms with Gasteiger partial charge >= 0.3 is 0 Å². The molecule has 6 nitrogen and oxygen atoms in total. The summed E-state index contributed by atoms with van der Waals surface area (Å²) in [6.07, 6.45) is 8.27. The molecule has 0 bridgehead atoms. The first-order valence-electron chi connectivity index (χ1n) is 8.11. The number of anilines is 1. The van der Waals surface area contributed by atoms with Crippen molar-refractivity contribution in [2.24, 2.45) is 11.7 Å². The highest BCUT2D eigenvalue weighted by Gasteiger charge is 2.18. The van der Waals surface area contributed by atoms with E-state index in [-0.39, 0.29) is 11.8 Å². The molecule has 3 rings (SSSR count). The van der Waals surface area contributed by atoms with E-state index in [0.717, 1.165) is 19.3 Å². The number of aromatic nitrogens is 1. The second-order valence-electron chi connectivity index (χ2n) is 5.85. The van der Waals surface area contributed by atoms with Gasteiger partial charge in [0.2, 0.25) is 17.7 Å². The maximum absolute atomic E-state index is 12.2. The van der Waals surface area contributed by atoms with Gasteiger partial charge in [-0.3, -0.25) is 9.59 Å². The molecule has 2 amide bonds. The average Bonchev–Trinajstić information content (AvgIpc) is 2.64. The molecule has 0 saturated carbocycles. The van der Waals surface area contributed by atoms with E-state index in [1.165, 1.54) is 0 Å². The molecular weight excluding hydrogens is 318 g/mol. The molecule has 1 atom stereocenters. The molecule has 0 radical (unpaired) electrons. The van der Waals surface area contributed by atoms with E-state index >= 15 is 0 Å². The van der Waals surface area contributed by atoms with Crippen LogP contribution in [0, 0.1) is 5.92 Å². The Morgan fingerprint density at radius 3 is 2.76 bits per heavy atom. The van der Waals surface area contributed by atoms with Gasteiger partial charge in [0.15, 0.2) is 0 Å². The number of allylic oxidation sites excluding steroid dienone is 2. The van der Waals surface area contributed by atoms with E-state index in [1.54, 1.807) is 42.6 Å². The van der Waals surface area contributed by atoms with Crippen LogP contribution in [0.5, 0.6) is 11.6 Å². The van der Waals surface area contributed by atoms with Crippen LogP contribution in [0.25, 0.3) is 0 Å². The smallest absolute Gasteiger partial charge is 0.248 e. The largest absolute Gasteiger partial charge is 0.439 e. The molecule has 3 N–H and O–H groups in total. The zero-order valence-electron chi connectivity index (χ0n) is 13.6. The third kappa shape index (κ3) is 4.44. The van der Waals surface area contributed by atoms with E-state index in [1.807, 2.05) is 6.08 Å². The second-order valence-corrected chi connectivity index (χ2v) is 5.85. The third-order valence-corrected chi connectivity index (χ3v) is 3.98. The predicted octanol–water partition coefficient (Wildman–Crippen LogP) is 3.27. The third-order valence-electron chi connectivity index (χ3n) is 3.98. The monoisotopic (exact) mass is 337 g/mol. The highest BCUT2D eigenvalue weighted by Crippen LogP contribution is 2.23. The number of carbonyl (C=O) groups excluding carboxylic acids is 2. The van der Waals surface area contributed by atoms with Crippen LogP contribution >= 0.6 is 0 Å². The van der Waals surface area contributed by atoms with Crippen LogP contribution in [0.4, 0.5) is 5.69 Å². The van der Waals surface area contributed by atoms with Crippen molar-refractivity contribution in [2.75, 3.05) is 5.32 Å². The average molecular weight is 337 g/mol. The van der Waals surface area contributed by atoms with E-state index in [0.29, 0.717) is 22.9 Å². The molecule has 0 fully saturated rings. The lowest BCUT2D eigenvalue weighted by Crippen LogP contribution is -2.23. The molecule has 1 heterocycles. The Labute approximate surface area is 145 Å². The summed E-state index contributed by atoms with van der Waals surface area (Å²) < 4.78 is 5.60. The molecule has 0 saturated heterocycles. The number of nitrogens with two attached hydrogens (primary N) is 1. The van der Waals surface area contributed by atoms with Crippen molar-refractivity contribution in [1.29, 1.82) is 0 Å². The summed E-state index contributed by atoms with van der Waals surface area (Å²) in [6, 6.07) is 9.95. The van der Waals surface area contributed by atoms with Crippen molar-refractivity contribution in [2.45, 2.75) is 19.3 Å². The van der Waals surface area contributed by atoms with Crippen LogP contribution in [-0.4, -0.2) is 16.8 Å². The van der Waals surface area contributed by atoms with Crippen molar-refractivity contribution in [3.63, 3.8) is 0 Å². The van der Waals surface area contributed by atoms with Crippen LogP contribution in [0.2, 0.25) is 0 Å². The zero-order valence-corrected chi connectivity index (χ0v) is 13.6. The molecule has 1 aromatic carbocycles. The molecule has 0 aliphatic heterocycles. The Hall–Kier alpha value is -3.15. The van der Waals surface area contributed by atoms with Crippen molar-refractivity contribution in [3.8, 4) is 11.6 Å². The Bertz CT molecular complexity index is 800. The number of ether oxygens (including phenoxy) is 1. The van der Waals surface area contributed by atoms with Crippen LogP contribution in [-0.2, 0) is 4.79 Å². The number of rotatable bonds is 5. The SMILES string of the molecule is NC(=O)c1cccc(Oc2ccc(NC(=O)C3CC=CCC3)cn2)c1. The summed E-state index contributed by atoms with van der Waals surface area (Å²) in [4.78, 5) is 27.6. The van der Waals surface area contributed by atoms with Gasteiger partial charge in [-0.1, -0.05) is 18.2 Å². The van der Waals surface area contributed by atoms with Crippen LogP contribution < -0.4 is 15.8 Å². The summed E-state index contributed by atoms with van der Waals surface area (Å²) in [5, 5.41) is 2.87. The number of carbonyl (C=O) groups is 2. The Morgan fingerprint density at radius 2 is 2.08 bits per heavy atom. The molecule has 25 heavy (non-hydrogen) atoms. The van der Waals surface area contributed by atoms with Crippen molar-refractivity contribution >= 4 is 17.5 Å². The lowest BCUT2D eigenvalue weighted by atomic mass is 9.93. The summed E-state index contributed by atoms with van der Waals surface area (Å²) in [7, 11) is 0. The van der Waals surface area contributed by atoms with Crippen LogP contribution in [0.15, 0.2) is 54.7 Å².